The number of rotatable bonds is 2. The van der Waals surface area contributed by atoms with Crippen molar-refractivity contribution in [2.45, 2.75) is 6.92 Å². The predicted molar refractivity (Wildman–Crippen MR) is 93.1 cm³/mol. The number of hydrogen-bond acceptors (Lipinski definition) is 4. The molecule has 4 rings (SSSR count). The molecule has 0 unspecified atom stereocenters. The highest BCUT2D eigenvalue weighted by Crippen LogP contribution is 2.35. The molecule has 0 atom stereocenters. The van der Waals surface area contributed by atoms with E-state index in [1.807, 2.05) is 42.6 Å². The van der Waals surface area contributed by atoms with Crippen molar-refractivity contribution in [3.05, 3.63) is 62.9 Å². The van der Waals surface area contributed by atoms with E-state index in [-0.39, 0.29) is 5.56 Å². The van der Waals surface area contributed by atoms with Gasteiger partial charge in [-0.3, -0.25) is 4.79 Å². The van der Waals surface area contributed by atoms with Gasteiger partial charge in [0.2, 0.25) is 0 Å². The lowest BCUT2D eigenvalue weighted by molar-refractivity contribution is 0.544. The fourth-order valence-electron chi connectivity index (χ4n) is 2.51. The van der Waals surface area contributed by atoms with Gasteiger partial charge in [-0.1, -0.05) is 29.8 Å². The lowest BCUT2D eigenvalue weighted by atomic mass is 10.1. The molecule has 1 aromatic carbocycles. The fraction of sp³-hybridized carbons (Fsp3) is 0.0588. The van der Waals surface area contributed by atoms with Crippen molar-refractivity contribution in [2.24, 2.45) is 0 Å². The van der Waals surface area contributed by atoms with Gasteiger partial charge in [0, 0.05) is 21.5 Å². The van der Waals surface area contributed by atoms with Crippen molar-refractivity contribution >= 4 is 33.2 Å². The van der Waals surface area contributed by atoms with Crippen LogP contribution in [0.25, 0.3) is 32.9 Å². The zero-order chi connectivity index (χ0) is 16.0. The van der Waals surface area contributed by atoms with Crippen molar-refractivity contribution in [2.75, 3.05) is 0 Å². The summed E-state index contributed by atoms with van der Waals surface area (Å²) in [5, 5.41) is 3.07. The zero-order valence-electron chi connectivity index (χ0n) is 12.1. The normalized spacial score (nSPS) is 11.2. The first-order chi connectivity index (χ1) is 11.1. The van der Waals surface area contributed by atoms with Crippen molar-refractivity contribution < 1.29 is 4.42 Å². The summed E-state index contributed by atoms with van der Waals surface area (Å²) in [5.74, 6) is 1.75. The van der Waals surface area contributed by atoms with Gasteiger partial charge in [-0.15, -0.1) is 11.3 Å². The molecule has 0 aliphatic carbocycles. The summed E-state index contributed by atoms with van der Waals surface area (Å²) in [7, 11) is 0. The first-order valence-electron chi connectivity index (χ1n) is 6.97. The molecular formula is C17H11ClN2O2S. The smallest absolute Gasteiger partial charge is 0.260 e. The molecule has 0 saturated carbocycles. The summed E-state index contributed by atoms with van der Waals surface area (Å²) in [4.78, 5) is 20.6. The van der Waals surface area contributed by atoms with Crippen LogP contribution in [0, 0.1) is 6.92 Å². The molecule has 1 N–H and O–H groups in total. The quantitative estimate of drug-likeness (QED) is 0.565. The van der Waals surface area contributed by atoms with Gasteiger partial charge in [-0.05, 0) is 25.1 Å². The summed E-state index contributed by atoms with van der Waals surface area (Å²) in [6.45, 7) is 1.85. The molecule has 114 valence electrons. The molecule has 4 nitrogen and oxygen atoms in total. The molecule has 6 heteroatoms. The third kappa shape index (κ3) is 2.38. The summed E-state index contributed by atoms with van der Waals surface area (Å²) >= 11 is 7.67. The molecule has 23 heavy (non-hydrogen) atoms. The Balaban J connectivity index is 1.95. The van der Waals surface area contributed by atoms with Crippen LogP contribution < -0.4 is 5.56 Å². The number of furan rings is 1. The molecule has 0 fully saturated rings. The Morgan fingerprint density at radius 2 is 2.00 bits per heavy atom. The van der Waals surface area contributed by atoms with Crippen LogP contribution in [-0.4, -0.2) is 9.97 Å². The van der Waals surface area contributed by atoms with E-state index < -0.39 is 0 Å². The zero-order valence-corrected chi connectivity index (χ0v) is 13.7. The van der Waals surface area contributed by atoms with E-state index in [4.69, 9.17) is 16.0 Å². The van der Waals surface area contributed by atoms with Gasteiger partial charge >= 0.3 is 0 Å². The maximum atomic E-state index is 12.6. The van der Waals surface area contributed by atoms with Crippen molar-refractivity contribution in [1.29, 1.82) is 0 Å². The minimum absolute atomic E-state index is 0.199. The Labute approximate surface area is 140 Å². The van der Waals surface area contributed by atoms with Crippen LogP contribution in [0.3, 0.4) is 0 Å². The van der Waals surface area contributed by atoms with Crippen LogP contribution in [0.5, 0.6) is 0 Å². The van der Waals surface area contributed by atoms with Gasteiger partial charge in [-0.2, -0.15) is 0 Å². The first-order valence-corrected chi connectivity index (χ1v) is 8.22. The highest BCUT2D eigenvalue weighted by molar-refractivity contribution is 7.17. The average molecular weight is 343 g/mol. The number of benzene rings is 1. The van der Waals surface area contributed by atoms with E-state index in [9.17, 15) is 4.79 Å². The number of hydrogen-bond donors (Lipinski definition) is 1. The Kier molecular flexibility index (Phi) is 3.32. The first kappa shape index (κ1) is 14.2. The summed E-state index contributed by atoms with van der Waals surface area (Å²) in [6, 6.07) is 11.1. The second-order valence-electron chi connectivity index (χ2n) is 5.13. The molecule has 0 aliphatic rings. The Hall–Kier alpha value is -2.37. The number of aryl methyl sites for hydroxylation is 1. The second kappa shape index (κ2) is 5.37. The van der Waals surface area contributed by atoms with Gasteiger partial charge < -0.3 is 9.40 Å². The number of nitrogens with one attached hydrogen (secondary N) is 1. The van der Waals surface area contributed by atoms with Crippen LogP contribution >= 0.6 is 22.9 Å². The maximum Gasteiger partial charge on any atom is 0.260 e. The number of halogens is 1. The van der Waals surface area contributed by atoms with Crippen LogP contribution in [-0.2, 0) is 0 Å². The molecule has 0 bridgehead atoms. The minimum Gasteiger partial charge on any atom is -0.458 e. The van der Waals surface area contributed by atoms with E-state index in [1.165, 1.54) is 11.3 Å². The van der Waals surface area contributed by atoms with Crippen molar-refractivity contribution in [3.63, 3.8) is 0 Å². The number of aromatic nitrogens is 2. The predicted octanol–water partition coefficient (Wildman–Crippen LogP) is 4.87. The van der Waals surface area contributed by atoms with E-state index >= 15 is 0 Å². The van der Waals surface area contributed by atoms with Crippen LogP contribution in [0.15, 0.2) is 51.0 Å². The third-order valence-electron chi connectivity index (χ3n) is 3.58. The molecule has 0 amide bonds. The maximum absolute atomic E-state index is 12.6. The topological polar surface area (TPSA) is 58.9 Å². The Bertz CT molecular complexity index is 1080. The molecule has 0 saturated heterocycles. The van der Waals surface area contributed by atoms with E-state index in [2.05, 4.69) is 9.97 Å². The van der Waals surface area contributed by atoms with Gasteiger partial charge in [0.25, 0.3) is 5.56 Å². The standard InChI is InChI=1S/C17H11ClN2O2S/c1-9-6-7-13(22-9)15-19-16(21)14-11(8-23-17(14)20-15)10-4-2-3-5-12(10)18/h2-8H,1H3,(H,19,20,21). The molecule has 0 aliphatic heterocycles. The van der Waals surface area contributed by atoms with Gasteiger partial charge in [0.05, 0.1) is 5.39 Å². The molecule has 0 radical (unpaired) electrons. The molecular weight excluding hydrogens is 332 g/mol. The Morgan fingerprint density at radius 1 is 1.17 bits per heavy atom. The molecule has 0 spiro atoms. The summed E-state index contributed by atoms with van der Waals surface area (Å²) in [6.07, 6.45) is 0. The van der Waals surface area contributed by atoms with Crippen molar-refractivity contribution in [3.8, 4) is 22.7 Å². The van der Waals surface area contributed by atoms with Gasteiger partial charge in [0.1, 0.15) is 10.6 Å². The van der Waals surface area contributed by atoms with Crippen LogP contribution in [0.4, 0.5) is 0 Å². The van der Waals surface area contributed by atoms with Crippen LogP contribution in [0.1, 0.15) is 5.76 Å². The highest BCUT2D eigenvalue weighted by atomic mass is 35.5. The number of H-pyrrole nitrogens is 1. The summed E-state index contributed by atoms with van der Waals surface area (Å²) in [5.41, 5.74) is 1.43. The fourth-order valence-corrected chi connectivity index (χ4v) is 3.68. The number of aromatic amines is 1. The largest absolute Gasteiger partial charge is 0.458 e. The monoisotopic (exact) mass is 342 g/mol. The Morgan fingerprint density at radius 3 is 2.74 bits per heavy atom. The van der Waals surface area contributed by atoms with Crippen molar-refractivity contribution in [1.82, 2.24) is 9.97 Å². The summed E-state index contributed by atoms with van der Waals surface area (Å²) < 4.78 is 5.53. The van der Waals surface area contributed by atoms with E-state index in [1.54, 1.807) is 6.07 Å². The lowest BCUT2D eigenvalue weighted by Gasteiger charge is -2.02. The van der Waals surface area contributed by atoms with Gasteiger partial charge in [0.15, 0.2) is 11.6 Å². The molecule has 3 aromatic heterocycles. The number of thiophene rings is 1. The lowest BCUT2D eigenvalue weighted by Crippen LogP contribution is -2.08. The third-order valence-corrected chi connectivity index (χ3v) is 4.78. The highest BCUT2D eigenvalue weighted by Gasteiger charge is 2.16. The van der Waals surface area contributed by atoms with E-state index in [0.29, 0.717) is 26.8 Å². The molecule has 3 heterocycles. The van der Waals surface area contributed by atoms with Crippen LogP contribution in [0.2, 0.25) is 5.02 Å². The number of fused-ring (bicyclic) bond motifs is 1. The minimum atomic E-state index is -0.199. The van der Waals surface area contributed by atoms with E-state index in [0.717, 1.165) is 16.9 Å². The van der Waals surface area contributed by atoms with Gasteiger partial charge in [-0.25, -0.2) is 4.98 Å². The number of nitrogens with zero attached hydrogens (tertiary/aromatic N) is 1. The average Bonchev–Trinajstić information content (AvgIpc) is 3.14. The molecule has 4 aromatic rings. The SMILES string of the molecule is Cc1ccc(-c2nc3scc(-c4ccccc4Cl)c3c(=O)[nH]2)o1. The second-order valence-corrected chi connectivity index (χ2v) is 6.40.